The van der Waals surface area contributed by atoms with Crippen LogP contribution in [0, 0.1) is 5.82 Å². The van der Waals surface area contributed by atoms with Crippen molar-refractivity contribution < 1.29 is 4.39 Å². The summed E-state index contributed by atoms with van der Waals surface area (Å²) >= 11 is 3.46. The molecule has 0 bridgehead atoms. The van der Waals surface area contributed by atoms with Crippen LogP contribution in [-0.2, 0) is 13.5 Å². The van der Waals surface area contributed by atoms with Gasteiger partial charge in [0.2, 0.25) is 0 Å². The standard InChI is InChI=1S/C15H19BrFN3/c1-3-6-18-14(10-15-19-7-8-20(15)2)12-5-4-11(17)9-13(12)16/h4-5,7-9,14,18H,3,6,10H2,1-2H3. The number of nitrogens with one attached hydrogen (secondary N) is 1. The summed E-state index contributed by atoms with van der Waals surface area (Å²) in [7, 11) is 1.99. The van der Waals surface area contributed by atoms with Crippen LogP contribution in [0.25, 0.3) is 0 Å². The summed E-state index contributed by atoms with van der Waals surface area (Å²) < 4.78 is 16.0. The van der Waals surface area contributed by atoms with Gasteiger partial charge in [0.15, 0.2) is 0 Å². The number of aryl methyl sites for hydroxylation is 1. The lowest BCUT2D eigenvalue weighted by Gasteiger charge is -2.20. The lowest BCUT2D eigenvalue weighted by atomic mass is 10.0. The molecule has 1 N–H and O–H groups in total. The van der Waals surface area contributed by atoms with Crippen molar-refractivity contribution in [3.05, 3.63) is 52.3 Å². The van der Waals surface area contributed by atoms with Crippen molar-refractivity contribution in [2.75, 3.05) is 6.54 Å². The normalized spacial score (nSPS) is 12.6. The van der Waals surface area contributed by atoms with E-state index in [2.05, 4.69) is 33.2 Å². The third kappa shape index (κ3) is 3.67. The van der Waals surface area contributed by atoms with Gasteiger partial charge in [0.1, 0.15) is 11.6 Å². The average molecular weight is 340 g/mol. The fraction of sp³-hybridized carbons (Fsp3) is 0.400. The topological polar surface area (TPSA) is 29.9 Å². The smallest absolute Gasteiger partial charge is 0.124 e. The van der Waals surface area contributed by atoms with Crippen LogP contribution in [0.5, 0.6) is 0 Å². The zero-order chi connectivity index (χ0) is 14.5. The summed E-state index contributed by atoms with van der Waals surface area (Å²) in [5, 5.41) is 3.51. The van der Waals surface area contributed by atoms with Gasteiger partial charge in [-0.05, 0) is 30.7 Å². The first kappa shape index (κ1) is 15.2. The van der Waals surface area contributed by atoms with E-state index in [-0.39, 0.29) is 11.9 Å². The largest absolute Gasteiger partial charge is 0.338 e. The molecule has 0 radical (unpaired) electrons. The molecule has 0 aliphatic rings. The summed E-state index contributed by atoms with van der Waals surface area (Å²) in [6.07, 6.45) is 5.56. The van der Waals surface area contributed by atoms with Gasteiger partial charge in [-0.15, -0.1) is 0 Å². The second kappa shape index (κ2) is 6.99. The molecule has 1 aromatic heterocycles. The highest BCUT2D eigenvalue weighted by Crippen LogP contribution is 2.26. The molecule has 0 amide bonds. The number of benzene rings is 1. The predicted octanol–water partition coefficient (Wildman–Crippen LogP) is 3.61. The second-order valence-electron chi connectivity index (χ2n) is 4.83. The Hall–Kier alpha value is -1.20. The molecular weight excluding hydrogens is 321 g/mol. The van der Waals surface area contributed by atoms with Gasteiger partial charge in [-0.25, -0.2) is 9.37 Å². The van der Waals surface area contributed by atoms with Gasteiger partial charge < -0.3 is 9.88 Å². The first-order chi connectivity index (χ1) is 9.61. The fourth-order valence-corrected chi connectivity index (χ4v) is 2.80. The first-order valence-electron chi connectivity index (χ1n) is 6.76. The van der Waals surface area contributed by atoms with E-state index < -0.39 is 0 Å². The number of hydrogen-bond donors (Lipinski definition) is 1. The lowest BCUT2D eigenvalue weighted by Crippen LogP contribution is -2.25. The molecule has 0 aliphatic heterocycles. The Morgan fingerprint density at radius 3 is 2.85 bits per heavy atom. The maximum atomic E-state index is 13.2. The van der Waals surface area contributed by atoms with Crippen molar-refractivity contribution in [2.24, 2.45) is 7.05 Å². The third-order valence-corrected chi connectivity index (χ3v) is 3.97. The minimum absolute atomic E-state index is 0.117. The molecule has 0 aliphatic carbocycles. The fourth-order valence-electron chi connectivity index (χ4n) is 2.17. The molecule has 0 saturated carbocycles. The van der Waals surface area contributed by atoms with E-state index in [1.807, 2.05) is 23.9 Å². The van der Waals surface area contributed by atoms with Crippen LogP contribution < -0.4 is 5.32 Å². The molecule has 2 rings (SSSR count). The summed E-state index contributed by atoms with van der Waals surface area (Å²) in [6, 6.07) is 4.95. The van der Waals surface area contributed by atoms with E-state index in [4.69, 9.17) is 0 Å². The number of rotatable bonds is 6. The molecule has 108 valence electrons. The van der Waals surface area contributed by atoms with E-state index in [0.29, 0.717) is 0 Å². The Bertz CT molecular complexity index is 568. The molecule has 1 unspecified atom stereocenters. The van der Waals surface area contributed by atoms with Crippen LogP contribution in [0.4, 0.5) is 4.39 Å². The Kier molecular flexibility index (Phi) is 5.31. The van der Waals surface area contributed by atoms with Gasteiger partial charge in [-0.1, -0.05) is 28.9 Å². The number of hydrogen-bond acceptors (Lipinski definition) is 2. The molecule has 2 aromatic rings. The second-order valence-corrected chi connectivity index (χ2v) is 5.69. The Morgan fingerprint density at radius 2 is 2.25 bits per heavy atom. The lowest BCUT2D eigenvalue weighted by molar-refractivity contribution is 0.509. The monoisotopic (exact) mass is 339 g/mol. The Morgan fingerprint density at radius 1 is 1.45 bits per heavy atom. The molecule has 3 nitrogen and oxygen atoms in total. The van der Waals surface area contributed by atoms with E-state index in [1.165, 1.54) is 12.1 Å². The van der Waals surface area contributed by atoms with Crippen LogP contribution in [0.2, 0.25) is 0 Å². The maximum absolute atomic E-state index is 13.2. The van der Waals surface area contributed by atoms with Gasteiger partial charge in [-0.3, -0.25) is 0 Å². The minimum atomic E-state index is -0.230. The summed E-state index contributed by atoms with van der Waals surface area (Å²) in [6.45, 7) is 3.05. The van der Waals surface area contributed by atoms with Crippen molar-refractivity contribution >= 4 is 15.9 Å². The van der Waals surface area contributed by atoms with Crippen molar-refractivity contribution in [2.45, 2.75) is 25.8 Å². The Balaban J connectivity index is 2.24. The number of halogens is 2. The van der Waals surface area contributed by atoms with E-state index in [1.54, 1.807) is 6.20 Å². The third-order valence-electron chi connectivity index (χ3n) is 3.29. The van der Waals surface area contributed by atoms with Crippen molar-refractivity contribution in [1.82, 2.24) is 14.9 Å². The highest BCUT2D eigenvalue weighted by Gasteiger charge is 2.17. The molecule has 1 aromatic carbocycles. The zero-order valence-corrected chi connectivity index (χ0v) is 13.3. The highest BCUT2D eigenvalue weighted by molar-refractivity contribution is 9.10. The van der Waals surface area contributed by atoms with Crippen LogP contribution in [0.15, 0.2) is 35.1 Å². The van der Waals surface area contributed by atoms with E-state index in [9.17, 15) is 4.39 Å². The summed E-state index contributed by atoms with van der Waals surface area (Å²) in [5.74, 6) is 0.779. The van der Waals surface area contributed by atoms with Crippen molar-refractivity contribution in [3.63, 3.8) is 0 Å². The van der Waals surface area contributed by atoms with Gasteiger partial charge in [-0.2, -0.15) is 0 Å². The molecule has 0 saturated heterocycles. The molecular formula is C15H19BrFN3. The quantitative estimate of drug-likeness (QED) is 0.871. The highest BCUT2D eigenvalue weighted by atomic mass is 79.9. The van der Waals surface area contributed by atoms with Crippen LogP contribution in [0.1, 0.15) is 30.8 Å². The van der Waals surface area contributed by atoms with Gasteiger partial charge in [0.25, 0.3) is 0 Å². The van der Waals surface area contributed by atoms with Gasteiger partial charge >= 0.3 is 0 Å². The molecule has 0 fully saturated rings. The molecule has 0 spiro atoms. The summed E-state index contributed by atoms with van der Waals surface area (Å²) in [5.41, 5.74) is 1.06. The van der Waals surface area contributed by atoms with E-state index >= 15 is 0 Å². The van der Waals surface area contributed by atoms with Crippen molar-refractivity contribution in [1.29, 1.82) is 0 Å². The summed E-state index contributed by atoms with van der Waals surface area (Å²) in [4.78, 5) is 4.37. The number of nitrogens with zero attached hydrogens (tertiary/aromatic N) is 2. The van der Waals surface area contributed by atoms with Gasteiger partial charge in [0, 0.05) is 36.4 Å². The molecule has 1 heterocycles. The molecule has 20 heavy (non-hydrogen) atoms. The van der Waals surface area contributed by atoms with Crippen LogP contribution >= 0.6 is 15.9 Å². The maximum Gasteiger partial charge on any atom is 0.124 e. The average Bonchev–Trinajstić information content (AvgIpc) is 2.80. The van der Waals surface area contributed by atoms with E-state index in [0.717, 1.165) is 35.2 Å². The van der Waals surface area contributed by atoms with Crippen LogP contribution in [-0.4, -0.2) is 16.1 Å². The van der Waals surface area contributed by atoms with Crippen LogP contribution in [0.3, 0.4) is 0 Å². The SMILES string of the molecule is CCCNC(Cc1nccn1C)c1ccc(F)cc1Br. The number of imidazole rings is 1. The minimum Gasteiger partial charge on any atom is -0.338 e. The molecule has 1 atom stereocenters. The molecule has 5 heteroatoms. The predicted molar refractivity (Wildman–Crippen MR) is 82.0 cm³/mol. The first-order valence-corrected chi connectivity index (χ1v) is 7.55. The Labute approximate surface area is 127 Å². The van der Waals surface area contributed by atoms with Crippen molar-refractivity contribution in [3.8, 4) is 0 Å². The zero-order valence-electron chi connectivity index (χ0n) is 11.7. The number of aromatic nitrogens is 2. The van der Waals surface area contributed by atoms with Gasteiger partial charge in [0.05, 0.1) is 0 Å².